The fourth-order valence-corrected chi connectivity index (χ4v) is 3.73. The number of nitrogens with zero attached hydrogens (tertiary/aromatic N) is 3. The lowest BCUT2D eigenvalue weighted by molar-refractivity contribution is -0.115. The van der Waals surface area contributed by atoms with Gasteiger partial charge in [0, 0.05) is 37.4 Å². The van der Waals surface area contributed by atoms with Gasteiger partial charge in [0.05, 0.1) is 10.6 Å². The van der Waals surface area contributed by atoms with Gasteiger partial charge in [0.1, 0.15) is 5.82 Å². The van der Waals surface area contributed by atoms with Gasteiger partial charge in [-0.2, -0.15) is 0 Å². The first-order valence-electron chi connectivity index (χ1n) is 9.00. The summed E-state index contributed by atoms with van der Waals surface area (Å²) >= 11 is 1.26. The van der Waals surface area contributed by atoms with Crippen LogP contribution in [-0.2, 0) is 4.79 Å². The van der Waals surface area contributed by atoms with Gasteiger partial charge in [-0.1, -0.05) is 0 Å². The van der Waals surface area contributed by atoms with Gasteiger partial charge < -0.3 is 14.8 Å². The number of halogens is 1. The number of benzene rings is 2. The van der Waals surface area contributed by atoms with Gasteiger partial charge in [0.15, 0.2) is 5.17 Å². The molecule has 146 valence electrons. The zero-order chi connectivity index (χ0) is 20.4. The van der Waals surface area contributed by atoms with Gasteiger partial charge in [0.2, 0.25) is 0 Å². The Bertz CT molecular complexity index is 1100. The Kier molecular flexibility index (Phi) is 5.22. The van der Waals surface area contributed by atoms with Gasteiger partial charge in [-0.15, -0.1) is 0 Å². The van der Waals surface area contributed by atoms with E-state index in [1.807, 2.05) is 60.1 Å². The summed E-state index contributed by atoms with van der Waals surface area (Å²) in [6, 6.07) is 17.9. The molecule has 1 N–H and O–H groups in total. The molecule has 0 saturated carbocycles. The van der Waals surface area contributed by atoms with Crippen molar-refractivity contribution in [3.63, 3.8) is 0 Å². The number of carbonyl (C=O) groups is 1. The highest BCUT2D eigenvalue weighted by Gasteiger charge is 2.24. The molecule has 0 aliphatic carbocycles. The third kappa shape index (κ3) is 4.25. The number of aromatic nitrogens is 1. The van der Waals surface area contributed by atoms with Crippen molar-refractivity contribution in [3.8, 4) is 5.69 Å². The van der Waals surface area contributed by atoms with Crippen molar-refractivity contribution in [1.29, 1.82) is 0 Å². The molecule has 0 bridgehead atoms. The third-order valence-electron chi connectivity index (χ3n) is 4.41. The Morgan fingerprint density at radius 2 is 1.79 bits per heavy atom. The minimum absolute atomic E-state index is 0.202. The summed E-state index contributed by atoms with van der Waals surface area (Å²) < 4.78 is 15.1. The first-order valence-corrected chi connectivity index (χ1v) is 9.81. The number of carbonyl (C=O) groups excluding carboxylic acids is 1. The summed E-state index contributed by atoms with van der Waals surface area (Å²) in [4.78, 5) is 19.3. The SMILES string of the molecule is CN(C)c1ccc(-n2cccc2C=C2SC(=Nc3ccc(F)cc3)NC2=O)cc1. The maximum Gasteiger partial charge on any atom is 0.264 e. The topological polar surface area (TPSA) is 49.6 Å². The fourth-order valence-electron chi connectivity index (χ4n) is 2.91. The van der Waals surface area contributed by atoms with Crippen LogP contribution in [0, 0.1) is 5.82 Å². The van der Waals surface area contributed by atoms with Gasteiger partial charge in [0.25, 0.3) is 5.91 Å². The summed E-state index contributed by atoms with van der Waals surface area (Å²) in [6.45, 7) is 0. The van der Waals surface area contributed by atoms with E-state index in [4.69, 9.17) is 0 Å². The van der Waals surface area contributed by atoms with Crippen LogP contribution in [0.3, 0.4) is 0 Å². The number of hydrogen-bond donors (Lipinski definition) is 1. The lowest BCUT2D eigenvalue weighted by atomic mass is 10.2. The molecule has 1 amide bonds. The molecule has 5 nitrogen and oxygen atoms in total. The van der Waals surface area contributed by atoms with Crippen LogP contribution in [0.15, 0.2) is 76.8 Å². The second-order valence-corrected chi connectivity index (χ2v) is 7.70. The molecule has 0 radical (unpaired) electrons. The summed E-state index contributed by atoms with van der Waals surface area (Å²) in [5.74, 6) is -0.524. The van der Waals surface area contributed by atoms with E-state index in [1.54, 1.807) is 12.1 Å². The molecule has 0 unspecified atom stereocenters. The molecule has 0 atom stereocenters. The molecule has 0 spiro atoms. The molecule has 1 aliphatic heterocycles. The van der Waals surface area contributed by atoms with Crippen LogP contribution in [0.4, 0.5) is 15.8 Å². The highest BCUT2D eigenvalue weighted by molar-refractivity contribution is 8.18. The van der Waals surface area contributed by atoms with Crippen LogP contribution >= 0.6 is 11.8 Å². The predicted molar refractivity (Wildman–Crippen MR) is 117 cm³/mol. The Morgan fingerprint density at radius 3 is 2.48 bits per heavy atom. The van der Waals surface area contributed by atoms with E-state index in [0.29, 0.717) is 15.8 Å². The molecule has 1 fully saturated rings. The van der Waals surface area contributed by atoms with E-state index in [0.717, 1.165) is 17.1 Å². The molecule has 1 aromatic heterocycles. The van der Waals surface area contributed by atoms with Crippen molar-refractivity contribution in [2.24, 2.45) is 4.99 Å². The number of aliphatic imine (C=N–C) groups is 1. The molecule has 3 aromatic rings. The quantitative estimate of drug-likeness (QED) is 0.646. The van der Waals surface area contributed by atoms with E-state index in [1.165, 1.54) is 23.9 Å². The summed E-state index contributed by atoms with van der Waals surface area (Å²) in [7, 11) is 4.00. The Hall–Kier alpha value is -3.32. The zero-order valence-corrected chi connectivity index (χ0v) is 16.8. The number of hydrogen-bond acceptors (Lipinski definition) is 4. The van der Waals surface area contributed by atoms with Crippen molar-refractivity contribution >= 4 is 40.3 Å². The predicted octanol–water partition coefficient (Wildman–Crippen LogP) is 4.57. The first-order chi connectivity index (χ1) is 14.0. The maximum atomic E-state index is 13.0. The van der Waals surface area contributed by atoms with Crippen LogP contribution in [0.1, 0.15) is 5.69 Å². The second-order valence-electron chi connectivity index (χ2n) is 6.67. The van der Waals surface area contributed by atoms with Crippen molar-refractivity contribution in [2.75, 3.05) is 19.0 Å². The average molecular weight is 406 g/mol. The van der Waals surface area contributed by atoms with Crippen molar-refractivity contribution in [2.45, 2.75) is 0 Å². The molecule has 1 saturated heterocycles. The summed E-state index contributed by atoms with van der Waals surface area (Å²) in [5, 5.41) is 3.23. The minimum Gasteiger partial charge on any atom is -0.378 e. The number of anilines is 1. The molecule has 4 rings (SSSR count). The van der Waals surface area contributed by atoms with Crippen LogP contribution in [0.2, 0.25) is 0 Å². The smallest absolute Gasteiger partial charge is 0.264 e. The van der Waals surface area contributed by atoms with Gasteiger partial charge in [-0.25, -0.2) is 9.38 Å². The number of amides is 1. The Balaban J connectivity index is 1.58. The van der Waals surface area contributed by atoms with Gasteiger partial charge >= 0.3 is 0 Å². The number of thioether (sulfide) groups is 1. The summed E-state index contributed by atoms with van der Waals surface area (Å²) in [6.07, 6.45) is 3.80. The maximum absolute atomic E-state index is 13.0. The van der Waals surface area contributed by atoms with Gasteiger partial charge in [-0.05, 0) is 78.5 Å². The molecule has 1 aliphatic rings. The molecule has 2 aromatic carbocycles. The molecular formula is C22H19FN4OS. The van der Waals surface area contributed by atoms with E-state index < -0.39 is 0 Å². The molecule has 2 heterocycles. The van der Waals surface area contributed by atoms with Crippen LogP contribution in [-0.4, -0.2) is 29.7 Å². The number of amidine groups is 1. The third-order valence-corrected chi connectivity index (χ3v) is 5.32. The van der Waals surface area contributed by atoms with Crippen molar-refractivity contribution < 1.29 is 9.18 Å². The first kappa shape index (κ1) is 19.0. The number of nitrogens with one attached hydrogen (secondary N) is 1. The highest BCUT2D eigenvalue weighted by atomic mass is 32.2. The minimum atomic E-state index is -0.322. The standard InChI is InChI=1S/C22H19FN4OS/c1-26(2)17-9-11-18(12-10-17)27-13-3-4-19(27)14-20-21(28)25-22(29-20)24-16-7-5-15(23)6-8-16/h3-14H,1-2H3,(H,24,25,28). The molecule has 7 heteroatoms. The zero-order valence-electron chi connectivity index (χ0n) is 16.0. The monoisotopic (exact) mass is 406 g/mol. The van der Waals surface area contributed by atoms with Crippen molar-refractivity contribution in [1.82, 2.24) is 9.88 Å². The lowest BCUT2D eigenvalue weighted by Crippen LogP contribution is -2.19. The lowest BCUT2D eigenvalue weighted by Gasteiger charge is -2.13. The van der Waals surface area contributed by atoms with E-state index in [9.17, 15) is 9.18 Å². The van der Waals surface area contributed by atoms with Crippen LogP contribution in [0.25, 0.3) is 11.8 Å². The van der Waals surface area contributed by atoms with E-state index in [-0.39, 0.29) is 11.7 Å². The highest BCUT2D eigenvalue weighted by Crippen LogP contribution is 2.29. The second kappa shape index (κ2) is 7.97. The molecular weight excluding hydrogens is 387 g/mol. The van der Waals surface area contributed by atoms with Crippen molar-refractivity contribution in [3.05, 3.63) is 83.3 Å². The number of rotatable bonds is 4. The van der Waals surface area contributed by atoms with Gasteiger partial charge in [-0.3, -0.25) is 4.79 Å². The Labute approximate surface area is 172 Å². The van der Waals surface area contributed by atoms with E-state index in [2.05, 4.69) is 22.4 Å². The fraction of sp³-hybridized carbons (Fsp3) is 0.0909. The Morgan fingerprint density at radius 1 is 1.07 bits per heavy atom. The van der Waals surface area contributed by atoms with Crippen LogP contribution in [0.5, 0.6) is 0 Å². The normalized spacial score (nSPS) is 16.4. The summed E-state index contributed by atoms with van der Waals surface area (Å²) in [5.41, 5.74) is 3.60. The van der Waals surface area contributed by atoms with E-state index >= 15 is 0 Å². The largest absolute Gasteiger partial charge is 0.378 e. The molecule has 29 heavy (non-hydrogen) atoms. The average Bonchev–Trinajstić information content (AvgIpc) is 3.30. The van der Waals surface area contributed by atoms with Crippen LogP contribution < -0.4 is 10.2 Å².